The van der Waals surface area contributed by atoms with Gasteiger partial charge in [-0.15, -0.1) is 0 Å². The molecule has 7 nitrogen and oxygen atoms in total. The van der Waals surface area contributed by atoms with Crippen LogP contribution in [0.4, 0.5) is 11.7 Å². The topological polar surface area (TPSA) is 84.4 Å². The third kappa shape index (κ3) is 3.30. The van der Waals surface area contributed by atoms with E-state index in [1.807, 2.05) is 0 Å². The second kappa shape index (κ2) is 6.09. The first-order chi connectivity index (χ1) is 10.2. The summed E-state index contributed by atoms with van der Waals surface area (Å²) < 4.78 is 5.53. The van der Waals surface area contributed by atoms with Crippen LogP contribution in [0.5, 0.6) is 0 Å². The first kappa shape index (κ1) is 13.8. The van der Waals surface area contributed by atoms with Crippen LogP contribution in [0.2, 0.25) is 0 Å². The number of nitrogens with zero attached hydrogens (tertiary/aromatic N) is 3. The van der Waals surface area contributed by atoms with Gasteiger partial charge in [-0.1, -0.05) is 6.42 Å². The second-order valence-electron chi connectivity index (χ2n) is 5.26. The normalized spacial score (nSPS) is 16.2. The molecule has 0 amide bonds. The summed E-state index contributed by atoms with van der Waals surface area (Å²) in [6.07, 6.45) is 3.87. The summed E-state index contributed by atoms with van der Waals surface area (Å²) >= 11 is 0. The van der Waals surface area contributed by atoms with Crippen LogP contribution in [0.1, 0.15) is 19.3 Å². The molecule has 0 bridgehead atoms. The molecule has 0 spiro atoms. The standard InChI is InChI=1S/C14H18N4O3/c19-18(20)11-4-5-13-12(10-11)16-14(21-13)15-6-9-17-7-2-1-3-8-17/h4-5,10H,1-3,6-9H2,(H,15,16). The summed E-state index contributed by atoms with van der Waals surface area (Å²) in [6, 6.07) is 4.85. The van der Waals surface area contributed by atoms with Gasteiger partial charge in [0.25, 0.3) is 11.7 Å². The van der Waals surface area contributed by atoms with Crippen LogP contribution < -0.4 is 5.32 Å². The van der Waals surface area contributed by atoms with Crippen molar-refractivity contribution in [1.29, 1.82) is 0 Å². The van der Waals surface area contributed by atoms with Gasteiger partial charge < -0.3 is 14.6 Å². The number of anilines is 1. The Morgan fingerprint density at radius 2 is 2.14 bits per heavy atom. The molecular formula is C14H18N4O3. The fraction of sp³-hybridized carbons (Fsp3) is 0.500. The quantitative estimate of drug-likeness (QED) is 0.673. The van der Waals surface area contributed by atoms with E-state index in [9.17, 15) is 10.1 Å². The molecule has 1 saturated heterocycles. The predicted molar refractivity (Wildman–Crippen MR) is 79.4 cm³/mol. The first-order valence-electron chi connectivity index (χ1n) is 7.23. The molecule has 0 saturated carbocycles. The van der Waals surface area contributed by atoms with E-state index in [0.29, 0.717) is 17.1 Å². The average Bonchev–Trinajstić information content (AvgIpc) is 2.90. The molecule has 3 rings (SSSR count). The molecule has 2 heterocycles. The van der Waals surface area contributed by atoms with Crippen molar-refractivity contribution < 1.29 is 9.34 Å². The van der Waals surface area contributed by atoms with E-state index in [0.717, 1.165) is 26.2 Å². The molecule has 112 valence electrons. The van der Waals surface area contributed by atoms with E-state index in [4.69, 9.17) is 4.42 Å². The predicted octanol–water partition coefficient (Wildman–Crippen LogP) is 2.63. The molecule has 0 unspecified atom stereocenters. The fourth-order valence-electron chi connectivity index (χ4n) is 2.61. The second-order valence-corrected chi connectivity index (χ2v) is 5.26. The highest BCUT2D eigenvalue weighted by molar-refractivity contribution is 5.77. The van der Waals surface area contributed by atoms with Crippen LogP contribution in [0.25, 0.3) is 11.1 Å². The van der Waals surface area contributed by atoms with Crippen molar-refractivity contribution in [3.05, 3.63) is 28.3 Å². The number of hydrogen-bond donors (Lipinski definition) is 1. The highest BCUT2D eigenvalue weighted by atomic mass is 16.6. The van der Waals surface area contributed by atoms with Crippen molar-refractivity contribution in [2.45, 2.75) is 19.3 Å². The molecular weight excluding hydrogens is 272 g/mol. The van der Waals surface area contributed by atoms with Crippen LogP contribution in [0.3, 0.4) is 0 Å². The van der Waals surface area contributed by atoms with Gasteiger partial charge in [0.15, 0.2) is 5.58 Å². The Kier molecular flexibility index (Phi) is 4.01. The Balaban J connectivity index is 1.60. The monoisotopic (exact) mass is 290 g/mol. The molecule has 0 atom stereocenters. The lowest BCUT2D eigenvalue weighted by atomic mass is 10.1. The number of fused-ring (bicyclic) bond motifs is 1. The number of hydrogen-bond acceptors (Lipinski definition) is 6. The molecule has 1 aliphatic heterocycles. The SMILES string of the molecule is O=[N+]([O-])c1ccc2oc(NCCN3CCCCC3)nc2c1. The van der Waals surface area contributed by atoms with E-state index in [-0.39, 0.29) is 5.69 Å². The van der Waals surface area contributed by atoms with E-state index in [1.54, 1.807) is 6.07 Å². The first-order valence-corrected chi connectivity index (χ1v) is 7.23. The number of benzene rings is 1. The van der Waals surface area contributed by atoms with E-state index >= 15 is 0 Å². The van der Waals surface area contributed by atoms with E-state index in [1.165, 1.54) is 31.4 Å². The average molecular weight is 290 g/mol. The van der Waals surface area contributed by atoms with Gasteiger partial charge in [-0.25, -0.2) is 0 Å². The number of piperidine rings is 1. The van der Waals surface area contributed by atoms with Crippen molar-refractivity contribution in [1.82, 2.24) is 9.88 Å². The highest BCUT2D eigenvalue weighted by Gasteiger charge is 2.12. The number of nitrogens with one attached hydrogen (secondary N) is 1. The summed E-state index contributed by atoms with van der Waals surface area (Å²) in [6.45, 7) is 4.02. The third-order valence-corrected chi connectivity index (χ3v) is 3.73. The van der Waals surface area contributed by atoms with Crippen molar-refractivity contribution in [3.63, 3.8) is 0 Å². The highest BCUT2D eigenvalue weighted by Crippen LogP contribution is 2.23. The lowest BCUT2D eigenvalue weighted by Gasteiger charge is -2.26. The zero-order valence-electron chi connectivity index (χ0n) is 11.7. The molecule has 7 heteroatoms. The summed E-state index contributed by atoms with van der Waals surface area (Å²) in [5, 5.41) is 13.9. The minimum atomic E-state index is -0.433. The largest absolute Gasteiger partial charge is 0.424 e. The molecule has 1 aromatic heterocycles. The maximum absolute atomic E-state index is 10.7. The molecule has 1 aliphatic rings. The molecule has 0 radical (unpaired) electrons. The van der Waals surface area contributed by atoms with Crippen LogP contribution >= 0.6 is 0 Å². The van der Waals surface area contributed by atoms with Crippen molar-refractivity contribution >= 4 is 22.8 Å². The van der Waals surface area contributed by atoms with E-state index in [2.05, 4.69) is 15.2 Å². The smallest absolute Gasteiger partial charge is 0.295 e. The number of aromatic nitrogens is 1. The summed E-state index contributed by atoms with van der Waals surface area (Å²) in [4.78, 5) is 16.9. The van der Waals surface area contributed by atoms with Crippen LogP contribution in [-0.4, -0.2) is 41.0 Å². The maximum atomic E-state index is 10.7. The zero-order chi connectivity index (χ0) is 14.7. The number of oxazole rings is 1. The van der Waals surface area contributed by atoms with Gasteiger partial charge in [0.2, 0.25) is 0 Å². The lowest BCUT2D eigenvalue weighted by molar-refractivity contribution is -0.384. The van der Waals surface area contributed by atoms with Crippen molar-refractivity contribution in [2.24, 2.45) is 0 Å². The van der Waals surface area contributed by atoms with Gasteiger partial charge in [-0.05, 0) is 32.0 Å². The van der Waals surface area contributed by atoms with Crippen LogP contribution in [0.15, 0.2) is 22.6 Å². The van der Waals surface area contributed by atoms with E-state index < -0.39 is 4.92 Å². The molecule has 2 aromatic rings. The minimum absolute atomic E-state index is 0.0238. The summed E-state index contributed by atoms with van der Waals surface area (Å²) in [5.41, 5.74) is 1.08. The molecule has 0 aliphatic carbocycles. The summed E-state index contributed by atoms with van der Waals surface area (Å²) in [7, 11) is 0. The number of nitro benzene ring substituents is 1. The van der Waals surface area contributed by atoms with Gasteiger partial charge in [-0.3, -0.25) is 10.1 Å². The Morgan fingerprint density at radius 3 is 2.90 bits per heavy atom. The van der Waals surface area contributed by atoms with Crippen LogP contribution in [0, 0.1) is 10.1 Å². The lowest BCUT2D eigenvalue weighted by Crippen LogP contribution is -2.33. The zero-order valence-corrected chi connectivity index (χ0v) is 11.7. The Bertz CT molecular complexity index is 634. The van der Waals surface area contributed by atoms with Crippen LogP contribution in [-0.2, 0) is 0 Å². The molecule has 21 heavy (non-hydrogen) atoms. The molecule has 1 aromatic carbocycles. The summed E-state index contributed by atoms with van der Waals surface area (Å²) in [5.74, 6) is 0. The number of rotatable bonds is 5. The number of likely N-dealkylation sites (tertiary alicyclic amines) is 1. The fourth-order valence-corrected chi connectivity index (χ4v) is 2.61. The van der Waals surface area contributed by atoms with Gasteiger partial charge in [0.1, 0.15) is 5.52 Å². The number of nitro groups is 1. The van der Waals surface area contributed by atoms with Crippen molar-refractivity contribution in [2.75, 3.05) is 31.5 Å². The van der Waals surface area contributed by atoms with Gasteiger partial charge >= 0.3 is 0 Å². The van der Waals surface area contributed by atoms with Crippen molar-refractivity contribution in [3.8, 4) is 0 Å². The molecule has 1 fully saturated rings. The molecule has 1 N–H and O–H groups in total. The van der Waals surface area contributed by atoms with Gasteiger partial charge in [0.05, 0.1) is 4.92 Å². The Labute approximate surface area is 122 Å². The maximum Gasteiger partial charge on any atom is 0.295 e. The Hall–Kier alpha value is -2.15. The Morgan fingerprint density at radius 1 is 1.33 bits per heavy atom. The van der Waals surface area contributed by atoms with Gasteiger partial charge in [0, 0.05) is 25.2 Å². The minimum Gasteiger partial charge on any atom is -0.424 e. The third-order valence-electron chi connectivity index (χ3n) is 3.73. The number of non-ortho nitro benzene ring substituents is 1. The van der Waals surface area contributed by atoms with Gasteiger partial charge in [-0.2, -0.15) is 4.98 Å².